The van der Waals surface area contributed by atoms with Gasteiger partial charge < -0.3 is 15.1 Å². The zero-order chi connectivity index (χ0) is 19.7. The summed E-state index contributed by atoms with van der Waals surface area (Å²) in [5, 5.41) is 4.29. The molecule has 2 aromatic rings. The van der Waals surface area contributed by atoms with E-state index in [9.17, 15) is 4.79 Å². The van der Waals surface area contributed by atoms with E-state index in [4.69, 9.17) is 11.6 Å². The SMILES string of the molecule is CC(C)NC1CCN(C(=O)C2Cc3ccccc3N2c2cccc(Cl)c2)CC1. The van der Waals surface area contributed by atoms with Gasteiger partial charge >= 0.3 is 0 Å². The largest absolute Gasteiger partial charge is 0.341 e. The molecule has 1 amide bonds. The van der Waals surface area contributed by atoms with E-state index in [0.717, 1.165) is 43.7 Å². The molecule has 28 heavy (non-hydrogen) atoms. The molecule has 0 bridgehead atoms. The highest BCUT2D eigenvalue weighted by Crippen LogP contribution is 2.39. The van der Waals surface area contributed by atoms with Crippen molar-refractivity contribution < 1.29 is 4.79 Å². The smallest absolute Gasteiger partial charge is 0.246 e. The number of anilines is 2. The second kappa shape index (κ2) is 8.14. The van der Waals surface area contributed by atoms with Crippen LogP contribution in [0.4, 0.5) is 11.4 Å². The number of hydrogen-bond acceptors (Lipinski definition) is 3. The lowest BCUT2D eigenvalue weighted by Crippen LogP contribution is -2.51. The Kier molecular flexibility index (Phi) is 5.61. The fraction of sp³-hybridized carbons (Fsp3) is 0.435. The van der Waals surface area contributed by atoms with Gasteiger partial charge in [-0.2, -0.15) is 0 Å². The molecule has 148 valence electrons. The Morgan fingerprint density at radius 1 is 1.11 bits per heavy atom. The molecule has 1 unspecified atom stereocenters. The van der Waals surface area contributed by atoms with Crippen LogP contribution in [0, 0.1) is 0 Å². The fourth-order valence-electron chi connectivity index (χ4n) is 4.48. The molecule has 1 N–H and O–H groups in total. The highest BCUT2D eigenvalue weighted by molar-refractivity contribution is 6.30. The van der Waals surface area contributed by atoms with Crippen molar-refractivity contribution in [3.63, 3.8) is 0 Å². The van der Waals surface area contributed by atoms with Crippen LogP contribution in [0.1, 0.15) is 32.3 Å². The van der Waals surface area contributed by atoms with E-state index in [2.05, 4.69) is 36.2 Å². The lowest BCUT2D eigenvalue weighted by Gasteiger charge is -2.37. The van der Waals surface area contributed by atoms with Gasteiger partial charge in [0.05, 0.1) is 0 Å². The molecule has 0 spiro atoms. The minimum absolute atomic E-state index is 0.203. The summed E-state index contributed by atoms with van der Waals surface area (Å²) in [5.41, 5.74) is 3.31. The third-order valence-corrected chi connectivity index (χ3v) is 5.96. The molecular weight excluding hydrogens is 370 g/mol. The monoisotopic (exact) mass is 397 g/mol. The summed E-state index contributed by atoms with van der Waals surface area (Å²) < 4.78 is 0. The summed E-state index contributed by atoms with van der Waals surface area (Å²) in [7, 11) is 0. The average molecular weight is 398 g/mol. The van der Waals surface area contributed by atoms with Crippen LogP contribution in [0.3, 0.4) is 0 Å². The minimum atomic E-state index is -0.203. The molecule has 4 nitrogen and oxygen atoms in total. The van der Waals surface area contributed by atoms with E-state index in [1.807, 2.05) is 41.3 Å². The Morgan fingerprint density at radius 3 is 2.57 bits per heavy atom. The van der Waals surface area contributed by atoms with Crippen LogP contribution >= 0.6 is 11.6 Å². The van der Waals surface area contributed by atoms with Crippen LogP contribution < -0.4 is 10.2 Å². The second-order valence-electron chi connectivity index (χ2n) is 8.12. The minimum Gasteiger partial charge on any atom is -0.341 e. The van der Waals surface area contributed by atoms with Crippen molar-refractivity contribution in [3.05, 3.63) is 59.1 Å². The van der Waals surface area contributed by atoms with Gasteiger partial charge in [-0.15, -0.1) is 0 Å². The Labute approximate surface area is 172 Å². The molecule has 0 aliphatic carbocycles. The first-order valence-electron chi connectivity index (χ1n) is 10.2. The molecule has 4 rings (SSSR count). The first kappa shape index (κ1) is 19.3. The van der Waals surface area contributed by atoms with Gasteiger partial charge in [0, 0.05) is 48.0 Å². The molecule has 0 aromatic heterocycles. The number of carbonyl (C=O) groups is 1. The summed E-state index contributed by atoms with van der Waals surface area (Å²) >= 11 is 6.25. The van der Waals surface area contributed by atoms with Crippen molar-refractivity contribution in [1.82, 2.24) is 10.2 Å². The van der Waals surface area contributed by atoms with Crippen molar-refractivity contribution in [3.8, 4) is 0 Å². The lowest BCUT2D eigenvalue weighted by atomic mass is 10.0. The number of rotatable bonds is 4. The van der Waals surface area contributed by atoms with Crippen LogP contribution in [-0.2, 0) is 11.2 Å². The number of nitrogens with zero attached hydrogens (tertiary/aromatic N) is 2. The molecule has 1 atom stereocenters. The number of amides is 1. The zero-order valence-corrected chi connectivity index (χ0v) is 17.3. The molecule has 2 aromatic carbocycles. The van der Waals surface area contributed by atoms with Crippen LogP contribution in [0.5, 0.6) is 0 Å². The van der Waals surface area contributed by atoms with Crippen LogP contribution in [0.2, 0.25) is 5.02 Å². The fourth-order valence-corrected chi connectivity index (χ4v) is 4.66. The van der Waals surface area contributed by atoms with Crippen molar-refractivity contribution in [2.75, 3.05) is 18.0 Å². The summed E-state index contributed by atoms with van der Waals surface area (Å²) in [5.74, 6) is 0.221. The first-order valence-corrected chi connectivity index (χ1v) is 10.6. The standard InChI is InChI=1S/C23H28ClN3O/c1-16(2)25-19-10-12-26(13-11-19)23(28)22-14-17-6-3-4-9-21(17)27(22)20-8-5-7-18(24)15-20/h3-9,15-16,19,22,25H,10-14H2,1-2H3. The number of fused-ring (bicyclic) bond motifs is 1. The normalized spacial score (nSPS) is 19.9. The highest BCUT2D eigenvalue weighted by atomic mass is 35.5. The van der Waals surface area contributed by atoms with Gasteiger partial charge in [-0.1, -0.05) is 49.7 Å². The van der Waals surface area contributed by atoms with Gasteiger partial charge in [0.2, 0.25) is 5.91 Å². The van der Waals surface area contributed by atoms with E-state index >= 15 is 0 Å². The topological polar surface area (TPSA) is 35.6 Å². The number of piperidine rings is 1. The lowest BCUT2D eigenvalue weighted by molar-refractivity contribution is -0.133. The number of carbonyl (C=O) groups excluding carboxylic acids is 1. The summed E-state index contributed by atoms with van der Waals surface area (Å²) in [6.45, 7) is 5.99. The maximum Gasteiger partial charge on any atom is 0.246 e. The number of nitrogens with one attached hydrogen (secondary N) is 1. The molecule has 2 aliphatic rings. The molecule has 5 heteroatoms. The van der Waals surface area contributed by atoms with Gasteiger partial charge in [-0.05, 0) is 42.7 Å². The molecule has 0 saturated carbocycles. The molecule has 1 fully saturated rings. The zero-order valence-electron chi connectivity index (χ0n) is 16.6. The van der Waals surface area contributed by atoms with Crippen molar-refractivity contribution >= 4 is 28.9 Å². The Balaban J connectivity index is 1.56. The number of likely N-dealkylation sites (tertiary alicyclic amines) is 1. The van der Waals surface area contributed by atoms with E-state index in [-0.39, 0.29) is 11.9 Å². The van der Waals surface area contributed by atoms with E-state index in [1.54, 1.807) is 0 Å². The van der Waals surface area contributed by atoms with E-state index in [0.29, 0.717) is 17.1 Å². The molecule has 1 saturated heterocycles. The van der Waals surface area contributed by atoms with Gasteiger partial charge in [0.15, 0.2) is 0 Å². The van der Waals surface area contributed by atoms with Crippen molar-refractivity contribution in [2.45, 2.75) is 51.2 Å². The predicted octanol–water partition coefficient (Wildman–Crippen LogP) is 4.39. The first-order chi connectivity index (χ1) is 13.5. The third-order valence-electron chi connectivity index (χ3n) is 5.72. The van der Waals surface area contributed by atoms with Crippen LogP contribution in [-0.4, -0.2) is 42.0 Å². The van der Waals surface area contributed by atoms with Crippen molar-refractivity contribution in [2.24, 2.45) is 0 Å². The van der Waals surface area contributed by atoms with Crippen molar-refractivity contribution in [1.29, 1.82) is 0 Å². The number of halogens is 1. The third kappa shape index (κ3) is 3.89. The van der Waals surface area contributed by atoms with Crippen LogP contribution in [0.15, 0.2) is 48.5 Å². The number of hydrogen-bond donors (Lipinski definition) is 1. The summed E-state index contributed by atoms with van der Waals surface area (Å²) in [4.78, 5) is 17.7. The quantitative estimate of drug-likeness (QED) is 0.830. The maximum atomic E-state index is 13.5. The van der Waals surface area contributed by atoms with E-state index < -0.39 is 0 Å². The number of benzene rings is 2. The Bertz CT molecular complexity index is 845. The number of para-hydroxylation sites is 1. The molecule has 0 radical (unpaired) electrons. The second-order valence-corrected chi connectivity index (χ2v) is 8.56. The van der Waals surface area contributed by atoms with Gasteiger partial charge in [0.25, 0.3) is 0 Å². The van der Waals surface area contributed by atoms with Gasteiger partial charge in [-0.3, -0.25) is 4.79 Å². The Hall–Kier alpha value is -2.04. The maximum absolute atomic E-state index is 13.5. The van der Waals surface area contributed by atoms with Crippen LogP contribution in [0.25, 0.3) is 0 Å². The molecule has 2 aliphatic heterocycles. The summed E-state index contributed by atoms with van der Waals surface area (Å²) in [6, 6.07) is 16.9. The molecule has 2 heterocycles. The van der Waals surface area contributed by atoms with Gasteiger partial charge in [0.1, 0.15) is 6.04 Å². The molecular formula is C23H28ClN3O. The van der Waals surface area contributed by atoms with E-state index in [1.165, 1.54) is 5.56 Å². The Morgan fingerprint density at radius 2 is 1.86 bits per heavy atom. The predicted molar refractivity (Wildman–Crippen MR) is 115 cm³/mol. The summed E-state index contributed by atoms with van der Waals surface area (Å²) in [6.07, 6.45) is 2.77. The average Bonchev–Trinajstić information content (AvgIpc) is 3.07. The highest BCUT2D eigenvalue weighted by Gasteiger charge is 2.38. The van der Waals surface area contributed by atoms with Gasteiger partial charge in [-0.25, -0.2) is 0 Å².